The Morgan fingerprint density at radius 3 is 2.78 bits per heavy atom. The van der Waals surface area contributed by atoms with Gasteiger partial charge in [-0.3, -0.25) is 4.79 Å². The Morgan fingerprint density at radius 2 is 1.89 bits per heavy atom. The van der Waals surface area contributed by atoms with E-state index in [0.29, 0.717) is 25.3 Å². The van der Waals surface area contributed by atoms with Crippen LogP contribution in [0.2, 0.25) is 0 Å². The van der Waals surface area contributed by atoms with Crippen LogP contribution in [0.1, 0.15) is 5.56 Å². The zero-order valence-electron chi connectivity index (χ0n) is 14.7. The smallest absolute Gasteiger partial charge is 0.231 e. The number of fused-ring (bicyclic) bond motifs is 2. The molecule has 0 bridgehead atoms. The van der Waals surface area contributed by atoms with Gasteiger partial charge < -0.3 is 19.3 Å². The highest BCUT2D eigenvalue weighted by Crippen LogP contribution is 2.32. The number of piperazine rings is 1. The van der Waals surface area contributed by atoms with Crippen LogP contribution in [0, 0.1) is 0 Å². The van der Waals surface area contributed by atoms with E-state index in [1.54, 1.807) is 10.7 Å². The Kier molecular flexibility index (Phi) is 3.81. The second kappa shape index (κ2) is 6.46. The summed E-state index contributed by atoms with van der Waals surface area (Å²) in [6.07, 6.45) is 3.94. The Hall–Kier alpha value is -3.29. The molecule has 1 saturated heterocycles. The molecule has 5 rings (SSSR count). The lowest BCUT2D eigenvalue weighted by Gasteiger charge is -2.35. The fourth-order valence-corrected chi connectivity index (χ4v) is 3.50. The molecule has 1 fully saturated rings. The molecule has 4 heterocycles. The normalized spacial score (nSPS) is 16.1. The average molecular weight is 365 g/mol. The van der Waals surface area contributed by atoms with Gasteiger partial charge in [0, 0.05) is 38.6 Å². The van der Waals surface area contributed by atoms with E-state index in [9.17, 15) is 4.79 Å². The third-order valence-electron chi connectivity index (χ3n) is 4.99. The number of amides is 1. The molecule has 0 radical (unpaired) electrons. The van der Waals surface area contributed by atoms with E-state index >= 15 is 0 Å². The topological polar surface area (TPSA) is 72.2 Å². The number of carbonyl (C=O) groups is 1. The molecule has 1 aromatic carbocycles. The van der Waals surface area contributed by atoms with Gasteiger partial charge >= 0.3 is 0 Å². The molecular weight excluding hydrogens is 346 g/mol. The summed E-state index contributed by atoms with van der Waals surface area (Å²) in [4.78, 5) is 21.0. The fourth-order valence-electron chi connectivity index (χ4n) is 3.50. The third-order valence-corrected chi connectivity index (χ3v) is 4.99. The average Bonchev–Trinajstić information content (AvgIpc) is 3.36. The minimum Gasteiger partial charge on any atom is -0.454 e. The van der Waals surface area contributed by atoms with Crippen molar-refractivity contribution in [3.63, 3.8) is 0 Å². The van der Waals surface area contributed by atoms with Crippen molar-refractivity contribution in [2.24, 2.45) is 0 Å². The van der Waals surface area contributed by atoms with Crippen molar-refractivity contribution in [2.75, 3.05) is 37.9 Å². The first kappa shape index (κ1) is 15.9. The van der Waals surface area contributed by atoms with Gasteiger partial charge in [0.15, 0.2) is 17.1 Å². The molecule has 0 saturated carbocycles. The highest BCUT2D eigenvalue weighted by molar-refractivity contribution is 5.79. The number of carbonyl (C=O) groups excluding carboxylic acids is 1. The quantitative estimate of drug-likeness (QED) is 0.698. The maximum atomic E-state index is 12.7. The largest absolute Gasteiger partial charge is 0.454 e. The molecule has 1 amide bonds. The molecule has 0 unspecified atom stereocenters. The number of aromatic nitrogens is 3. The van der Waals surface area contributed by atoms with Crippen molar-refractivity contribution in [1.29, 1.82) is 0 Å². The lowest BCUT2D eigenvalue weighted by molar-refractivity contribution is -0.130. The van der Waals surface area contributed by atoms with Crippen molar-refractivity contribution in [2.45, 2.75) is 6.42 Å². The van der Waals surface area contributed by atoms with Gasteiger partial charge in [-0.2, -0.15) is 0 Å². The standard InChI is InChI=1S/C19H19N5O3/c25-19(12-14-1-2-15-16(11-14)27-13-26-15)23-9-7-22(8-10-23)18-4-3-17-20-5-6-24(17)21-18/h1-6,11H,7-10,12-13H2. The molecule has 0 aliphatic carbocycles. The molecule has 0 spiro atoms. The van der Waals surface area contributed by atoms with Crippen LogP contribution in [-0.2, 0) is 11.2 Å². The molecule has 2 aliphatic rings. The zero-order chi connectivity index (χ0) is 18.2. The van der Waals surface area contributed by atoms with E-state index in [1.165, 1.54) is 0 Å². The van der Waals surface area contributed by atoms with Crippen molar-refractivity contribution >= 4 is 17.4 Å². The number of benzene rings is 1. The maximum absolute atomic E-state index is 12.7. The molecule has 2 aliphatic heterocycles. The maximum Gasteiger partial charge on any atom is 0.231 e. The van der Waals surface area contributed by atoms with Crippen LogP contribution in [0.25, 0.3) is 5.65 Å². The number of hydrogen-bond acceptors (Lipinski definition) is 6. The molecule has 8 nitrogen and oxygen atoms in total. The Labute approximate surface area is 155 Å². The number of ether oxygens (including phenoxy) is 2. The van der Waals surface area contributed by atoms with E-state index in [1.807, 2.05) is 41.4 Å². The molecular formula is C19H19N5O3. The second-order valence-electron chi connectivity index (χ2n) is 6.65. The van der Waals surface area contributed by atoms with Crippen LogP contribution in [-0.4, -0.2) is 58.4 Å². The summed E-state index contributed by atoms with van der Waals surface area (Å²) in [7, 11) is 0. The molecule has 27 heavy (non-hydrogen) atoms. The Balaban J connectivity index is 1.21. The number of imidazole rings is 1. The van der Waals surface area contributed by atoms with Gasteiger partial charge in [-0.1, -0.05) is 6.07 Å². The monoisotopic (exact) mass is 365 g/mol. The van der Waals surface area contributed by atoms with Gasteiger partial charge in [-0.25, -0.2) is 9.50 Å². The molecule has 0 N–H and O–H groups in total. The van der Waals surface area contributed by atoms with Crippen LogP contribution in [0.5, 0.6) is 11.5 Å². The first-order chi connectivity index (χ1) is 13.3. The van der Waals surface area contributed by atoms with Crippen LogP contribution in [0.15, 0.2) is 42.7 Å². The fraction of sp³-hybridized carbons (Fsp3) is 0.316. The predicted molar refractivity (Wildman–Crippen MR) is 98.0 cm³/mol. The molecule has 8 heteroatoms. The first-order valence-corrected chi connectivity index (χ1v) is 8.98. The highest BCUT2D eigenvalue weighted by Gasteiger charge is 2.23. The summed E-state index contributed by atoms with van der Waals surface area (Å²) in [6, 6.07) is 9.61. The molecule has 3 aromatic rings. The van der Waals surface area contributed by atoms with E-state index < -0.39 is 0 Å². The third kappa shape index (κ3) is 3.03. The Morgan fingerprint density at radius 1 is 1.04 bits per heavy atom. The summed E-state index contributed by atoms with van der Waals surface area (Å²) in [6.45, 7) is 3.15. The summed E-state index contributed by atoms with van der Waals surface area (Å²) < 4.78 is 12.5. The van der Waals surface area contributed by atoms with Crippen molar-refractivity contribution < 1.29 is 14.3 Å². The minimum absolute atomic E-state index is 0.131. The van der Waals surface area contributed by atoms with Crippen molar-refractivity contribution in [1.82, 2.24) is 19.5 Å². The predicted octanol–water partition coefficient (Wildman–Crippen LogP) is 1.35. The molecule has 2 aromatic heterocycles. The summed E-state index contributed by atoms with van der Waals surface area (Å²) >= 11 is 0. The van der Waals surface area contributed by atoms with Gasteiger partial charge in [0.05, 0.1) is 6.42 Å². The van der Waals surface area contributed by atoms with Crippen LogP contribution in [0.4, 0.5) is 5.82 Å². The van der Waals surface area contributed by atoms with Crippen LogP contribution in [0.3, 0.4) is 0 Å². The highest BCUT2D eigenvalue weighted by atomic mass is 16.7. The lowest BCUT2D eigenvalue weighted by Crippen LogP contribution is -2.49. The van der Waals surface area contributed by atoms with Gasteiger partial charge in [0.25, 0.3) is 0 Å². The van der Waals surface area contributed by atoms with Crippen molar-refractivity contribution in [3.8, 4) is 11.5 Å². The van der Waals surface area contributed by atoms with E-state index in [4.69, 9.17) is 9.47 Å². The number of rotatable bonds is 3. The van der Waals surface area contributed by atoms with Crippen LogP contribution < -0.4 is 14.4 Å². The zero-order valence-corrected chi connectivity index (χ0v) is 14.7. The SMILES string of the molecule is O=C(Cc1ccc2c(c1)OCO2)N1CCN(c2ccc3nccn3n2)CC1. The van der Waals surface area contributed by atoms with E-state index in [0.717, 1.165) is 35.9 Å². The minimum atomic E-state index is 0.131. The van der Waals surface area contributed by atoms with Gasteiger partial charge in [-0.15, -0.1) is 5.10 Å². The molecule has 138 valence electrons. The number of nitrogens with zero attached hydrogens (tertiary/aromatic N) is 5. The number of anilines is 1. The van der Waals surface area contributed by atoms with Gasteiger partial charge in [-0.05, 0) is 29.8 Å². The van der Waals surface area contributed by atoms with Gasteiger partial charge in [0.1, 0.15) is 5.82 Å². The van der Waals surface area contributed by atoms with E-state index in [2.05, 4.69) is 15.0 Å². The van der Waals surface area contributed by atoms with Crippen molar-refractivity contribution in [3.05, 3.63) is 48.3 Å². The summed E-state index contributed by atoms with van der Waals surface area (Å²) in [5.41, 5.74) is 1.77. The summed E-state index contributed by atoms with van der Waals surface area (Å²) in [5, 5.41) is 4.58. The second-order valence-corrected chi connectivity index (χ2v) is 6.65. The van der Waals surface area contributed by atoms with E-state index in [-0.39, 0.29) is 12.7 Å². The first-order valence-electron chi connectivity index (χ1n) is 8.98. The summed E-state index contributed by atoms with van der Waals surface area (Å²) in [5.74, 6) is 2.49. The van der Waals surface area contributed by atoms with Crippen LogP contribution >= 0.6 is 0 Å². The lowest BCUT2D eigenvalue weighted by atomic mass is 10.1. The number of hydrogen-bond donors (Lipinski definition) is 0. The molecule has 0 atom stereocenters. The van der Waals surface area contributed by atoms with Gasteiger partial charge in [0.2, 0.25) is 12.7 Å². The Bertz CT molecular complexity index is 994.